The van der Waals surface area contributed by atoms with Gasteiger partial charge in [0.25, 0.3) is 0 Å². The topological polar surface area (TPSA) is 67.4 Å². The molecule has 0 bridgehead atoms. The lowest BCUT2D eigenvalue weighted by molar-refractivity contribution is -0.0498. The van der Waals surface area contributed by atoms with E-state index in [1.54, 1.807) is 0 Å². The molecule has 118 valence electrons. The third-order valence-corrected chi connectivity index (χ3v) is 4.57. The Morgan fingerprint density at radius 1 is 1.29 bits per heavy atom. The van der Waals surface area contributed by atoms with Crippen LogP contribution in [0.15, 0.2) is 24.3 Å². The standard InChI is InChI=1S/C13H18F2N2O3S/c14-13(15)20-12-6-4-10(5-7-12)17-21(18,19)9-11-3-1-2-8-16-11/h4-7,11,13,16-17H,1-3,8-9H2. The van der Waals surface area contributed by atoms with E-state index in [-0.39, 0.29) is 17.5 Å². The number of piperidine rings is 1. The van der Waals surface area contributed by atoms with Crippen LogP contribution in [0.25, 0.3) is 0 Å². The first-order valence-corrected chi connectivity index (χ1v) is 8.38. The predicted octanol–water partition coefficient (Wildman–Crippen LogP) is 2.17. The molecular weight excluding hydrogens is 302 g/mol. The summed E-state index contributed by atoms with van der Waals surface area (Å²) in [5.41, 5.74) is 0.326. The monoisotopic (exact) mass is 320 g/mol. The molecule has 1 saturated heterocycles. The second kappa shape index (κ2) is 7.04. The van der Waals surface area contributed by atoms with Crippen LogP contribution < -0.4 is 14.8 Å². The Bertz CT molecular complexity index is 543. The van der Waals surface area contributed by atoms with Crippen LogP contribution >= 0.6 is 0 Å². The molecule has 0 spiro atoms. The Morgan fingerprint density at radius 2 is 2.00 bits per heavy atom. The van der Waals surface area contributed by atoms with Crippen molar-refractivity contribution in [3.05, 3.63) is 24.3 Å². The highest BCUT2D eigenvalue weighted by Crippen LogP contribution is 2.19. The van der Waals surface area contributed by atoms with Gasteiger partial charge in [-0.05, 0) is 43.7 Å². The first-order chi connectivity index (χ1) is 9.94. The minimum atomic E-state index is -3.47. The highest BCUT2D eigenvalue weighted by molar-refractivity contribution is 7.92. The van der Waals surface area contributed by atoms with Crippen molar-refractivity contribution in [2.45, 2.75) is 31.9 Å². The SMILES string of the molecule is O=S(=O)(CC1CCCCN1)Nc1ccc(OC(F)F)cc1. The number of ether oxygens (including phenoxy) is 1. The van der Waals surface area contributed by atoms with Crippen molar-refractivity contribution < 1.29 is 21.9 Å². The summed E-state index contributed by atoms with van der Waals surface area (Å²) in [6.45, 7) is -2.07. The zero-order valence-corrected chi connectivity index (χ0v) is 12.2. The van der Waals surface area contributed by atoms with E-state index in [4.69, 9.17) is 0 Å². The molecule has 1 atom stereocenters. The molecule has 0 amide bonds. The first kappa shape index (κ1) is 16.0. The van der Waals surface area contributed by atoms with Gasteiger partial charge in [0.15, 0.2) is 0 Å². The molecule has 1 unspecified atom stereocenters. The summed E-state index contributed by atoms with van der Waals surface area (Å²) >= 11 is 0. The van der Waals surface area contributed by atoms with Gasteiger partial charge in [0.1, 0.15) is 5.75 Å². The summed E-state index contributed by atoms with van der Waals surface area (Å²) in [5.74, 6) is -0.00987. The Morgan fingerprint density at radius 3 is 2.57 bits per heavy atom. The highest BCUT2D eigenvalue weighted by Gasteiger charge is 2.20. The third-order valence-electron chi connectivity index (χ3n) is 3.19. The molecule has 0 aromatic heterocycles. The maximum atomic E-state index is 12.0. The highest BCUT2D eigenvalue weighted by atomic mass is 32.2. The minimum Gasteiger partial charge on any atom is -0.435 e. The van der Waals surface area contributed by atoms with Crippen LogP contribution in [0.3, 0.4) is 0 Å². The lowest BCUT2D eigenvalue weighted by atomic mass is 10.1. The molecule has 2 N–H and O–H groups in total. The van der Waals surface area contributed by atoms with Crippen molar-refractivity contribution >= 4 is 15.7 Å². The van der Waals surface area contributed by atoms with Crippen LogP contribution in [-0.2, 0) is 10.0 Å². The Hall–Kier alpha value is -1.41. The average molecular weight is 320 g/mol. The van der Waals surface area contributed by atoms with Gasteiger partial charge >= 0.3 is 6.61 Å². The Kier molecular flexibility index (Phi) is 5.35. The molecule has 5 nitrogen and oxygen atoms in total. The number of benzene rings is 1. The van der Waals surface area contributed by atoms with Crippen LogP contribution in [0.4, 0.5) is 14.5 Å². The van der Waals surface area contributed by atoms with Crippen molar-refractivity contribution in [3.63, 3.8) is 0 Å². The molecular formula is C13H18F2N2O3S. The zero-order chi connectivity index (χ0) is 15.3. The Labute approximate surface area is 122 Å². The number of hydrogen-bond donors (Lipinski definition) is 2. The van der Waals surface area contributed by atoms with Gasteiger partial charge in [-0.2, -0.15) is 8.78 Å². The summed E-state index contributed by atoms with van der Waals surface area (Å²) in [5, 5.41) is 3.17. The molecule has 8 heteroatoms. The summed E-state index contributed by atoms with van der Waals surface area (Å²) in [7, 11) is -3.47. The van der Waals surface area contributed by atoms with E-state index in [0.717, 1.165) is 25.8 Å². The van der Waals surface area contributed by atoms with E-state index in [0.29, 0.717) is 5.69 Å². The molecule has 21 heavy (non-hydrogen) atoms. The van der Waals surface area contributed by atoms with Crippen molar-refractivity contribution in [2.75, 3.05) is 17.0 Å². The molecule has 0 saturated carbocycles. The average Bonchev–Trinajstić information content (AvgIpc) is 2.40. The van der Waals surface area contributed by atoms with Crippen molar-refractivity contribution in [2.24, 2.45) is 0 Å². The van der Waals surface area contributed by atoms with Gasteiger partial charge in [0, 0.05) is 11.7 Å². The minimum absolute atomic E-state index is 0.00227. The molecule has 1 aromatic rings. The second-order valence-corrected chi connectivity index (χ2v) is 6.70. The molecule has 1 aliphatic rings. The van der Waals surface area contributed by atoms with E-state index < -0.39 is 16.6 Å². The quantitative estimate of drug-likeness (QED) is 0.843. The summed E-state index contributed by atoms with van der Waals surface area (Å²) in [6.07, 6.45) is 2.92. The lowest BCUT2D eigenvalue weighted by Gasteiger charge is -2.23. The molecule has 1 heterocycles. The summed E-state index contributed by atoms with van der Waals surface area (Å²) in [4.78, 5) is 0. The van der Waals surface area contributed by atoms with Crippen LogP contribution in [0.5, 0.6) is 5.75 Å². The van der Waals surface area contributed by atoms with Crippen LogP contribution in [0.2, 0.25) is 0 Å². The Balaban J connectivity index is 1.92. The number of alkyl halides is 2. The molecule has 1 aromatic carbocycles. The largest absolute Gasteiger partial charge is 0.435 e. The molecule has 0 aliphatic carbocycles. The number of sulfonamides is 1. The number of hydrogen-bond acceptors (Lipinski definition) is 4. The van der Waals surface area contributed by atoms with Crippen molar-refractivity contribution in [1.29, 1.82) is 0 Å². The van der Waals surface area contributed by atoms with E-state index in [2.05, 4.69) is 14.8 Å². The van der Waals surface area contributed by atoms with Crippen LogP contribution in [0, 0.1) is 0 Å². The van der Waals surface area contributed by atoms with Crippen LogP contribution in [-0.4, -0.2) is 33.4 Å². The van der Waals surface area contributed by atoms with Gasteiger partial charge in [-0.15, -0.1) is 0 Å². The number of nitrogens with one attached hydrogen (secondary N) is 2. The smallest absolute Gasteiger partial charge is 0.387 e. The van der Waals surface area contributed by atoms with Crippen molar-refractivity contribution in [3.8, 4) is 5.75 Å². The molecule has 0 radical (unpaired) electrons. The number of rotatable bonds is 6. The van der Waals surface area contributed by atoms with Gasteiger partial charge in [-0.1, -0.05) is 6.42 Å². The van der Waals surface area contributed by atoms with Gasteiger partial charge in [0.05, 0.1) is 5.75 Å². The predicted molar refractivity (Wildman–Crippen MR) is 76.1 cm³/mol. The number of anilines is 1. The van der Waals surface area contributed by atoms with Gasteiger partial charge < -0.3 is 10.1 Å². The first-order valence-electron chi connectivity index (χ1n) is 6.73. The van der Waals surface area contributed by atoms with Gasteiger partial charge in [-0.25, -0.2) is 8.42 Å². The maximum Gasteiger partial charge on any atom is 0.387 e. The second-order valence-electron chi connectivity index (χ2n) is 4.93. The van der Waals surface area contributed by atoms with Crippen LogP contribution in [0.1, 0.15) is 19.3 Å². The normalized spacial score (nSPS) is 19.5. The molecule has 1 fully saturated rings. The molecule has 1 aliphatic heterocycles. The fourth-order valence-electron chi connectivity index (χ4n) is 2.26. The van der Waals surface area contributed by atoms with E-state index in [9.17, 15) is 17.2 Å². The van der Waals surface area contributed by atoms with Gasteiger partial charge in [0.2, 0.25) is 10.0 Å². The number of halogens is 2. The van der Waals surface area contributed by atoms with E-state index in [1.807, 2.05) is 0 Å². The van der Waals surface area contributed by atoms with Crippen molar-refractivity contribution in [1.82, 2.24) is 5.32 Å². The summed E-state index contributed by atoms with van der Waals surface area (Å²) in [6, 6.07) is 5.33. The zero-order valence-electron chi connectivity index (χ0n) is 11.4. The van der Waals surface area contributed by atoms with E-state index >= 15 is 0 Å². The fourth-order valence-corrected chi connectivity index (χ4v) is 3.65. The van der Waals surface area contributed by atoms with Gasteiger partial charge in [-0.3, -0.25) is 4.72 Å². The molecule has 2 rings (SSSR count). The maximum absolute atomic E-state index is 12.0. The summed E-state index contributed by atoms with van der Waals surface area (Å²) < 4.78 is 54.7. The lowest BCUT2D eigenvalue weighted by Crippen LogP contribution is -2.40. The fraction of sp³-hybridized carbons (Fsp3) is 0.538. The third kappa shape index (κ3) is 5.47. The van der Waals surface area contributed by atoms with E-state index in [1.165, 1.54) is 24.3 Å².